The summed E-state index contributed by atoms with van der Waals surface area (Å²) in [5.41, 5.74) is 2.84. The highest BCUT2D eigenvalue weighted by atomic mass is 32.1. The van der Waals surface area contributed by atoms with Crippen LogP contribution in [0.4, 0.5) is 0 Å². The van der Waals surface area contributed by atoms with Crippen LogP contribution < -0.4 is 11.3 Å². The van der Waals surface area contributed by atoms with Crippen molar-refractivity contribution in [2.45, 2.75) is 13.0 Å². The molecule has 0 bridgehead atoms. The molecular formula is C9H13N5OS. The summed E-state index contributed by atoms with van der Waals surface area (Å²) >= 11 is 1.25. The molecule has 0 fully saturated rings. The zero-order chi connectivity index (χ0) is 12.0. The molecule has 0 unspecified atom stereocenters. The highest BCUT2D eigenvalue weighted by Gasteiger charge is 2.10. The summed E-state index contributed by atoms with van der Waals surface area (Å²) in [5, 5.41) is 10.6. The molecule has 0 saturated heterocycles. The van der Waals surface area contributed by atoms with E-state index in [0.29, 0.717) is 24.5 Å². The van der Waals surface area contributed by atoms with Crippen molar-refractivity contribution >= 4 is 17.2 Å². The van der Waals surface area contributed by atoms with E-state index in [4.69, 9.17) is 11.1 Å². The van der Waals surface area contributed by atoms with Crippen molar-refractivity contribution < 1.29 is 4.79 Å². The van der Waals surface area contributed by atoms with Crippen molar-refractivity contribution in [3.8, 4) is 6.07 Å². The second-order valence-electron chi connectivity index (χ2n) is 3.26. The number of nitrogens with one attached hydrogen (secondary N) is 1. The number of nitrogens with zero attached hydrogens (tertiary/aromatic N) is 3. The second-order valence-corrected chi connectivity index (χ2v) is 4.12. The normalized spacial score (nSPS) is 10.1. The van der Waals surface area contributed by atoms with E-state index >= 15 is 0 Å². The number of aromatic nitrogens is 1. The first-order valence-corrected chi connectivity index (χ1v) is 5.56. The molecule has 0 spiro atoms. The molecule has 86 valence electrons. The fourth-order valence-corrected chi connectivity index (χ4v) is 1.85. The second kappa shape index (κ2) is 6.17. The third kappa shape index (κ3) is 3.58. The molecule has 1 rings (SSSR count). The number of nitriles is 1. The van der Waals surface area contributed by atoms with Crippen LogP contribution in [-0.4, -0.2) is 29.4 Å². The molecule has 16 heavy (non-hydrogen) atoms. The minimum absolute atomic E-state index is 0.353. The minimum atomic E-state index is -0.379. The lowest BCUT2D eigenvalue weighted by Gasteiger charge is -2.12. The van der Waals surface area contributed by atoms with Gasteiger partial charge < -0.3 is 0 Å². The number of thiazole rings is 1. The van der Waals surface area contributed by atoms with E-state index in [1.165, 1.54) is 11.3 Å². The molecular weight excluding hydrogens is 226 g/mol. The SMILES string of the molecule is CN(CCC#N)Cc1csc(C(=O)NN)n1. The maximum atomic E-state index is 11.1. The number of amides is 1. The number of nitrogens with two attached hydrogens (primary N) is 1. The van der Waals surface area contributed by atoms with Crippen molar-refractivity contribution in [1.29, 1.82) is 5.26 Å². The molecule has 1 aromatic heterocycles. The quantitative estimate of drug-likeness (QED) is 0.431. The zero-order valence-corrected chi connectivity index (χ0v) is 9.75. The summed E-state index contributed by atoms with van der Waals surface area (Å²) in [5.74, 6) is 4.62. The summed E-state index contributed by atoms with van der Waals surface area (Å²) in [7, 11) is 1.90. The van der Waals surface area contributed by atoms with Gasteiger partial charge in [-0.25, -0.2) is 10.8 Å². The standard InChI is InChI=1S/C9H13N5OS/c1-14(4-2-3-10)5-7-6-16-9(12-7)8(15)13-11/h6H,2,4-5,11H2,1H3,(H,13,15). The van der Waals surface area contributed by atoms with E-state index in [9.17, 15) is 4.79 Å². The van der Waals surface area contributed by atoms with Gasteiger partial charge in [-0.15, -0.1) is 11.3 Å². The average Bonchev–Trinajstić information content (AvgIpc) is 2.73. The third-order valence-electron chi connectivity index (χ3n) is 1.91. The molecule has 1 amide bonds. The number of carbonyl (C=O) groups is 1. The van der Waals surface area contributed by atoms with Gasteiger partial charge in [0.15, 0.2) is 5.01 Å². The third-order valence-corrected chi connectivity index (χ3v) is 2.80. The maximum absolute atomic E-state index is 11.1. The van der Waals surface area contributed by atoms with Crippen LogP contribution in [0, 0.1) is 11.3 Å². The Bertz CT molecular complexity index is 397. The zero-order valence-electron chi connectivity index (χ0n) is 8.93. The van der Waals surface area contributed by atoms with Crippen LogP contribution >= 0.6 is 11.3 Å². The molecule has 0 atom stereocenters. The van der Waals surface area contributed by atoms with Crippen molar-refractivity contribution in [2.75, 3.05) is 13.6 Å². The van der Waals surface area contributed by atoms with E-state index in [1.54, 1.807) is 0 Å². The van der Waals surface area contributed by atoms with Gasteiger partial charge in [0.25, 0.3) is 5.91 Å². The molecule has 3 N–H and O–H groups in total. The first kappa shape index (κ1) is 12.6. The van der Waals surface area contributed by atoms with Crippen LogP contribution in [0.2, 0.25) is 0 Å². The van der Waals surface area contributed by atoms with E-state index in [2.05, 4.69) is 11.1 Å². The van der Waals surface area contributed by atoms with Gasteiger partial charge in [0.05, 0.1) is 11.8 Å². The van der Waals surface area contributed by atoms with Gasteiger partial charge in [-0.1, -0.05) is 0 Å². The van der Waals surface area contributed by atoms with E-state index in [1.807, 2.05) is 22.8 Å². The van der Waals surface area contributed by atoms with Crippen molar-refractivity contribution in [3.05, 3.63) is 16.1 Å². The predicted octanol–water partition coefficient (Wildman–Crippen LogP) is 0.0921. The van der Waals surface area contributed by atoms with Gasteiger partial charge in [0, 0.05) is 24.9 Å². The number of hydrogen-bond donors (Lipinski definition) is 2. The maximum Gasteiger partial charge on any atom is 0.294 e. The number of hydrazine groups is 1. The van der Waals surface area contributed by atoms with E-state index in [-0.39, 0.29) is 5.91 Å². The molecule has 1 aromatic rings. The fourth-order valence-electron chi connectivity index (χ4n) is 1.14. The highest BCUT2D eigenvalue weighted by molar-refractivity contribution is 7.11. The van der Waals surface area contributed by atoms with Crippen LogP contribution in [0.3, 0.4) is 0 Å². The topological polar surface area (TPSA) is 95.0 Å². The first-order chi connectivity index (χ1) is 7.67. The summed E-state index contributed by atoms with van der Waals surface area (Å²) < 4.78 is 0. The Labute approximate surface area is 97.7 Å². The fraction of sp³-hybridized carbons (Fsp3) is 0.444. The van der Waals surface area contributed by atoms with E-state index in [0.717, 1.165) is 5.69 Å². The van der Waals surface area contributed by atoms with Crippen molar-refractivity contribution in [3.63, 3.8) is 0 Å². The molecule has 0 aliphatic carbocycles. The highest BCUT2D eigenvalue weighted by Crippen LogP contribution is 2.11. The molecule has 0 saturated carbocycles. The lowest BCUT2D eigenvalue weighted by Crippen LogP contribution is -2.30. The Kier molecular flexibility index (Phi) is 4.85. The van der Waals surface area contributed by atoms with Crippen molar-refractivity contribution in [2.24, 2.45) is 5.84 Å². The van der Waals surface area contributed by atoms with Gasteiger partial charge in [-0.05, 0) is 7.05 Å². The van der Waals surface area contributed by atoms with Crippen LogP contribution in [0.25, 0.3) is 0 Å². The van der Waals surface area contributed by atoms with Gasteiger partial charge >= 0.3 is 0 Å². The Morgan fingerprint density at radius 3 is 3.19 bits per heavy atom. The number of nitrogen functional groups attached to an aromatic ring is 1. The molecule has 1 heterocycles. The molecule has 0 aliphatic heterocycles. The average molecular weight is 239 g/mol. The summed E-state index contributed by atoms with van der Waals surface area (Å²) in [6.45, 7) is 1.31. The van der Waals surface area contributed by atoms with Crippen LogP contribution in [-0.2, 0) is 6.54 Å². The van der Waals surface area contributed by atoms with Crippen molar-refractivity contribution in [1.82, 2.24) is 15.3 Å². The number of hydrogen-bond acceptors (Lipinski definition) is 6. The van der Waals surface area contributed by atoms with Gasteiger partial charge in [0.1, 0.15) is 0 Å². The Balaban J connectivity index is 2.52. The minimum Gasteiger partial charge on any atom is -0.299 e. The Morgan fingerprint density at radius 2 is 2.56 bits per heavy atom. The Morgan fingerprint density at radius 1 is 1.81 bits per heavy atom. The number of rotatable bonds is 5. The van der Waals surface area contributed by atoms with Gasteiger partial charge in [-0.3, -0.25) is 15.1 Å². The monoisotopic (exact) mass is 239 g/mol. The molecule has 7 heteroatoms. The lowest BCUT2D eigenvalue weighted by molar-refractivity contribution is 0.0953. The smallest absolute Gasteiger partial charge is 0.294 e. The van der Waals surface area contributed by atoms with Crippen LogP contribution in [0.1, 0.15) is 21.9 Å². The van der Waals surface area contributed by atoms with Gasteiger partial charge in [-0.2, -0.15) is 5.26 Å². The van der Waals surface area contributed by atoms with Crippen LogP contribution in [0.5, 0.6) is 0 Å². The molecule has 6 nitrogen and oxygen atoms in total. The summed E-state index contributed by atoms with van der Waals surface area (Å²) in [4.78, 5) is 17.2. The summed E-state index contributed by atoms with van der Waals surface area (Å²) in [6, 6.07) is 2.08. The first-order valence-electron chi connectivity index (χ1n) is 4.68. The molecule has 0 radical (unpaired) electrons. The lowest BCUT2D eigenvalue weighted by atomic mass is 10.4. The predicted molar refractivity (Wildman–Crippen MR) is 60.3 cm³/mol. The Hall–Kier alpha value is -1.49. The van der Waals surface area contributed by atoms with Gasteiger partial charge in [0.2, 0.25) is 0 Å². The van der Waals surface area contributed by atoms with E-state index < -0.39 is 0 Å². The summed E-state index contributed by atoms with van der Waals surface area (Å²) in [6.07, 6.45) is 0.483. The number of carbonyl (C=O) groups excluding carboxylic acids is 1. The van der Waals surface area contributed by atoms with Crippen LogP contribution in [0.15, 0.2) is 5.38 Å². The molecule has 0 aromatic carbocycles. The largest absolute Gasteiger partial charge is 0.299 e. The molecule has 0 aliphatic rings.